The van der Waals surface area contributed by atoms with Gasteiger partial charge >= 0.3 is 0 Å². The number of hydrogen-bond acceptors (Lipinski definition) is 6. The number of rotatable bonds is 5. The van der Waals surface area contributed by atoms with Gasteiger partial charge in [-0.05, 0) is 61.6 Å². The van der Waals surface area contributed by atoms with Crippen molar-refractivity contribution >= 4 is 17.7 Å². The number of likely N-dealkylation sites (tertiary alicyclic amines) is 1. The van der Waals surface area contributed by atoms with E-state index in [2.05, 4.69) is 27.3 Å². The van der Waals surface area contributed by atoms with Gasteiger partial charge in [0.15, 0.2) is 0 Å². The molecule has 8 heteroatoms. The fourth-order valence-corrected chi connectivity index (χ4v) is 6.02. The lowest BCUT2D eigenvalue weighted by molar-refractivity contribution is -0.136. The summed E-state index contributed by atoms with van der Waals surface area (Å²) in [7, 11) is 0. The second-order valence-corrected chi connectivity index (χ2v) is 10.1. The van der Waals surface area contributed by atoms with E-state index in [1.165, 1.54) is 12.1 Å². The molecule has 1 unspecified atom stereocenters. The standard InChI is InChI=1S/C27H30N4O4/c32-25-11-10-23(26(33)29-25)31-16-17-13-19(8-9-20(17)27(31)34)35-24-7-2-1-6-22(24)30-14-18(15-30)21-5-3-4-12-28-21/h3-5,8-9,12-13,18,22-24H,1-2,6-7,10-11,14-16H2,(H,29,32,33)/t22-,23?,24+/m1/s1. The van der Waals surface area contributed by atoms with Crippen LogP contribution in [0.2, 0.25) is 0 Å². The maximum Gasteiger partial charge on any atom is 0.255 e. The van der Waals surface area contributed by atoms with E-state index >= 15 is 0 Å². The van der Waals surface area contributed by atoms with E-state index in [1.807, 2.05) is 30.5 Å². The number of amides is 3. The molecule has 1 aliphatic carbocycles. The van der Waals surface area contributed by atoms with Crippen LogP contribution in [-0.2, 0) is 16.1 Å². The number of fused-ring (bicyclic) bond motifs is 1. The molecule has 1 saturated carbocycles. The lowest BCUT2D eigenvalue weighted by Crippen LogP contribution is -2.57. The van der Waals surface area contributed by atoms with Gasteiger partial charge in [0.1, 0.15) is 17.9 Å². The molecular formula is C27H30N4O4. The predicted octanol–water partition coefficient (Wildman–Crippen LogP) is 2.63. The van der Waals surface area contributed by atoms with Crippen molar-refractivity contribution in [2.45, 2.75) is 69.2 Å². The molecule has 0 bridgehead atoms. The van der Waals surface area contributed by atoms with Crippen LogP contribution in [0.1, 0.15) is 66.1 Å². The summed E-state index contributed by atoms with van der Waals surface area (Å²) in [5.74, 6) is 0.449. The van der Waals surface area contributed by atoms with Crippen LogP contribution in [0.5, 0.6) is 5.75 Å². The van der Waals surface area contributed by atoms with Gasteiger partial charge in [-0.2, -0.15) is 0 Å². The third-order valence-corrected chi connectivity index (χ3v) is 7.93. The van der Waals surface area contributed by atoms with Crippen LogP contribution in [0.15, 0.2) is 42.6 Å². The van der Waals surface area contributed by atoms with Crippen LogP contribution in [0.25, 0.3) is 0 Å². The number of hydrogen-bond donors (Lipinski definition) is 1. The molecule has 4 heterocycles. The molecule has 182 valence electrons. The first-order valence-corrected chi connectivity index (χ1v) is 12.7. The van der Waals surface area contributed by atoms with Gasteiger partial charge in [-0.15, -0.1) is 0 Å². The van der Waals surface area contributed by atoms with Crippen LogP contribution in [0, 0.1) is 0 Å². The van der Waals surface area contributed by atoms with Crippen LogP contribution in [0.3, 0.4) is 0 Å². The highest BCUT2D eigenvalue weighted by atomic mass is 16.5. The Morgan fingerprint density at radius 3 is 2.66 bits per heavy atom. The van der Waals surface area contributed by atoms with E-state index in [0.717, 1.165) is 43.7 Å². The predicted molar refractivity (Wildman–Crippen MR) is 128 cm³/mol. The Labute approximate surface area is 204 Å². The zero-order chi connectivity index (χ0) is 23.9. The first-order valence-electron chi connectivity index (χ1n) is 12.7. The molecule has 3 aliphatic heterocycles. The van der Waals surface area contributed by atoms with Crippen molar-refractivity contribution in [1.29, 1.82) is 0 Å². The SMILES string of the molecule is O=C1CCC(N2Cc3cc(O[C@H]4CCCC[C@H]4N4CC(c5ccccn5)C4)ccc3C2=O)C(=O)N1. The normalized spacial score (nSPS) is 27.4. The van der Waals surface area contributed by atoms with Crippen molar-refractivity contribution in [1.82, 2.24) is 20.1 Å². The molecule has 0 radical (unpaired) electrons. The molecule has 35 heavy (non-hydrogen) atoms. The number of piperidine rings is 1. The zero-order valence-electron chi connectivity index (χ0n) is 19.7. The van der Waals surface area contributed by atoms with Gasteiger partial charge in [-0.3, -0.25) is 29.6 Å². The van der Waals surface area contributed by atoms with Gasteiger partial charge in [-0.1, -0.05) is 12.5 Å². The van der Waals surface area contributed by atoms with Crippen molar-refractivity contribution in [3.63, 3.8) is 0 Å². The van der Waals surface area contributed by atoms with Crippen LogP contribution in [0.4, 0.5) is 0 Å². The number of nitrogens with one attached hydrogen (secondary N) is 1. The van der Waals surface area contributed by atoms with Gasteiger partial charge in [0.2, 0.25) is 11.8 Å². The Morgan fingerprint density at radius 1 is 1.00 bits per heavy atom. The molecule has 2 aromatic rings. The highest BCUT2D eigenvalue weighted by molar-refractivity contribution is 6.05. The molecule has 2 saturated heterocycles. The van der Waals surface area contributed by atoms with E-state index in [0.29, 0.717) is 30.5 Å². The average molecular weight is 475 g/mol. The highest BCUT2D eigenvalue weighted by Gasteiger charge is 2.41. The molecule has 6 rings (SSSR count). The van der Waals surface area contributed by atoms with Gasteiger partial charge in [0.05, 0.1) is 0 Å². The van der Waals surface area contributed by atoms with Gasteiger partial charge in [0.25, 0.3) is 5.91 Å². The number of aromatic nitrogens is 1. The molecular weight excluding hydrogens is 444 g/mol. The van der Waals surface area contributed by atoms with Gasteiger partial charge < -0.3 is 9.64 Å². The van der Waals surface area contributed by atoms with E-state index in [4.69, 9.17) is 4.74 Å². The largest absolute Gasteiger partial charge is 0.489 e. The Kier molecular flexibility index (Phi) is 5.76. The summed E-state index contributed by atoms with van der Waals surface area (Å²) >= 11 is 0. The van der Waals surface area contributed by atoms with Crippen LogP contribution < -0.4 is 10.1 Å². The molecule has 3 fully saturated rings. The van der Waals surface area contributed by atoms with Gasteiger partial charge in [-0.25, -0.2) is 0 Å². The Morgan fingerprint density at radius 2 is 1.86 bits per heavy atom. The van der Waals surface area contributed by atoms with Crippen molar-refractivity contribution in [2.24, 2.45) is 0 Å². The van der Waals surface area contributed by atoms with Crippen molar-refractivity contribution in [3.05, 3.63) is 59.4 Å². The second-order valence-electron chi connectivity index (χ2n) is 10.1. The highest BCUT2D eigenvalue weighted by Crippen LogP contribution is 2.36. The first kappa shape index (κ1) is 22.2. The molecule has 1 aromatic carbocycles. The lowest BCUT2D eigenvalue weighted by Gasteiger charge is -2.48. The lowest BCUT2D eigenvalue weighted by atomic mass is 9.85. The van der Waals surface area contributed by atoms with E-state index in [9.17, 15) is 14.4 Å². The van der Waals surface area contributed by atoms with E-state index < -0.39 is 6.04 Å². The fourth-order valence-electron chi connectivity index (χ4n) is 6.02. The second kappa shape index (κ2) is 9.07. The number of carbonyl (C=O) groups is 3. The number of carbonyl (C=O) groups excluding carboxylic acids is 3. The number of pyridine rings is 1. The van der Waals surface area contributed by atoms with Gasteiger partial charge in [0, 0.05) is 55.5 Å². The van der Waals surface area contributed by atoms with E-state index in [-0.39, 0.29) is 30.2 Å². The molecule has 0 spiro atoms. The summed E-state index contributed by atoms with van der Waals surface area (Å²) in [4.78, 5) is 45.4. The summed E-state index contributed by atoms with van der Waals surface area (Å²) < 4.78 is 6.53. The summed E-state index contributed by atoms with van der Waals surface area (Å²) in [6.45, 7) is 2.39. The van der Waals surface area contributed by atoms with Crippen molar-refractivity contribution < 1.29 is 19.1 Å². The maximum absolute atomic E-state index is 13.0. The molecule has 1 aromatic heterocycles. The van der Waals surface area contributed by atoms with Crippen molar-refractivity contribution in [3.8, 4) is 5.75 Å². The maximum atomic E-state index is 13.0. The average Bonchev–Trinajstić information content (AvgIpc) is 3.15. The topological polar surface area (TPSA) is 91.8 Å². The third-order valence-electron chi connectivity index (χ3n) is 7.93. The summed E-state index contributed by atoms with van der Waals surface area (Å²) in [6, 6.07) is 11.6. The molecule has 3 atom stereocenters. The Hall–Kier alpha value is -3.26. The first-order chi connectivity index (χ1) is 17.1. The molecule has 3 amide bonds. The minimum atomic E-state index is -0.599. The van der Waals surface area contributed by atoms with Crippen LogP contribution in [-0.4, -0.2) is 63.8 Å². The number of nitrogens with zero attached hydrogens (tertiary/aromatic N) is 3. The minimum Gasteiger partial charge on any atom is -0.489 e. The Bertz CT molecular complexity index is 1150. The summed E-state index contributed by atoms with van der Waals surface area (Å²) in [5, 5.41) is 2.35. The molecule has 1 N–H and O–H groups in total. The molecule has 4 aliphatic rings. The minimum absolute atomic E-state index is 0.120. The third kappa shape index (κ3) is 4.20. The van der Waals surface area contributed by atoms with E-state index in [1.54, 1.807) is 4.90 Å². The quantitative estimate of drug-likeness (QED) is 0.670. The number of benzene rings is 1. The zero-order valence-corrected chi connectivity index (χ0v) is 19.7. The summed E-state index contributed by atoms with van der Waals surface area (Å²) in [5.41, 5.74) is 2.66. The molecule has 8 nitrogen and oxygen atoms in total. The fraction of sp³-hybridized carbons (Fsp3) is 0.481. The monoisotopic (exact) mass is 474 g/mol. The Balaban J connectivity index is 1.12. The number of imide groups is 1. The summed E-state index contributed by atoms with van der Waals surface area (Å²) in [6.07, 6.45) is 7.14. The van der Waals surface area contributed by atoms with Crippen LogP contribution >= 0.6 is 0 Å². The van der Waals surface area contributed by atoms with Crippen molar-refractivity contribution in [2.75, 3.05) is 13.1 Å². The smallest absolute Gasteiger partial charge is 0.255 e. The number of ether oxygens (including phenoxy) is 1.